The molecule has 0 spiro atoms. The summed E-state index contributed by atoms with van der Waals surface area (Å²) in [6.07, 6.45) is 7.04. The van der Waals surface area contributed by atoms with Crippen molar-refractivity contribution in [3.05, 3.63) is 76.7 Å². The van der Waals surface area contributed by atoms with E-state index in [1.54, 1.807) is 6.08 Å². The van der Waals surface area contributed by atoms with Gasteiger partial charge >= 0.3 is 5.97 Å². The molecule has 0 aromatic carbocycles. The van der Waals surface area contributed by atoms with Crippen LogP contribution in [0.25, 0.3) is 17.5 Å². The highest BCUT2D eigenvalue weighted by molar-refractivity contribution is 5.87. The number of rotatable bonds is 5. The summed E-state index contributed by atoms with van der Waals surface area (Å²) < 4.78 is 14.4. The summed E-state index contributed by atoms with van der Waals surface area (Å²) in [5, 5.41) is 4.07. The summed E-state index contributed by atoms with van der Waals surface area (Å²) in [4.78, 5) is 16.6. The number of carbonyl (C=O) groups is 1. The number of pyridine rings is 1. The number of esters is 1. The summed E-state index contributed by atoms with van der Waals surface area (Å²) >= 11 is 0. The minimum atomic E-state index is -0.416. The molecule has 0 saturated heterocycles. The molecule has 7 heteroatoms. The normalized spacial score (nSPS) is 11.6. The first-order valence-corrected chi connectivity index (χ1v) is 9.32. The fourth-order valence-corrected chi connectivity index (χ4v) is 3.34. The molecular weight excluding hydrogens is 368 g/mol. The van der Waals surface area contributed by atoms with Gasteiger partial charge in [0.15, 0.2) is 5.82 Å². The molecule has 0 unspecified atom stereocenters. The lowest BCUT2D eigenvalue weighted by molar-refractivity contribution is -0.139. The molecular formula is C22H22N4O3. The first-order chi connectivity index (χ1) is 13.9. The van der Waals surface area contributed by atoms with Crippen LogP contribution in [0.15, 0.2) is 47.3 Å². The van der Waals surface area contributed by atoms with Crippen LogP contribution in [0.2, 0.25) is 0 Å². The SMILES string of the molecule is Cc1ccc2nc(COC(=O)/C=C/c3cc(C)n(-c4cc(C)on4)c3C)cn2c1. The van der Waals surface area contributed by atoms with Gasteiger partial charge in [0.25, 0.3) is 0 Å². The Bertz CT molecular complexity index is 1230. The zero-order valence-electron chi connectivity index (χ0n) is 16.8. The molecule has 0 aliphatic heterocycles. The maximum Gasteiger partial charge on any atom is 0.331 e. The van der Waals surface area contributed by atoms with Crippen molar-refractivity contribution in [2.75, 3.05) is 0 Å². The Morgan fingerprint density at radius 2 is 2.00 bits per heavy atom. The van der Waals surface area contributed by atoms with Crippen molar-refractivity contribution < 1.29 is 14.1 Å². The number of aromatic nitrogens is 4. The van der Waals surface area contributed by atoms with E-state index in [0.29, 0.717) is 5.69 Å². The lowest BCUT2D eigenvalue weighted by Gasteiger charge is -2.03. The summed E-state index contributed by atoms with van der Waals surface area (Å²) in [7, 11) is 0. The van der Waals surface area contributed by atoms with E-state index in [1.165, 1.54) is 6.08 Å². The fraction of sp³-hybridized carbons (Fsp3) is 0.227. The monoisotopic (exact) mass is 390 g/mol. The highest BCUT2D eigenvalue weighted by Gasteiger charge is 2.12. The van der Waals surface area contributed by atoms with Crippen LogP contribution in [-0.2, 0) is 16.1 Å². The molecule has 4 rings (SSSR count). The lowest BCUT2D eigenvalue weighted by atomic mass is 10.2. The van der Waals surface area contributed by atoms with Gasteiger partial charge in [-0.25, -0.2) is 9.78 Å². The van der Waals surface area contributed by atoms with Crippen molar-refractivity contribution in [3.8, 4) is 5.82 Å². The highest BCUT2D eigenvalue weighted by Crippen LogP contribution is 2.21. The van der Waals surface area contributed by atoms with Crippen molar-refractivity contribution >= 4 is 17.7 Å². The Labute approximate surface area is 168 Å². The van der Waals surface area contributed by atoms with Crippen LogP contribution in [0.4, 0.5) is 0 Å². The number of aryl methyl sites for hydroxylation is 3. The number of ether oxygens (including phenoxy) is 1. The quantitative estimate of drug-likeness (QED) is 0.379. The average molecular weight is 390 g/mol. The molecule has 4 heterocycles. The molecule has 0 atom stereocenters. The largest absolute Gasteiger partial charge is 0.456 e. The van der Waals surface area contributed by atoms with Gasteiger partial charge in [-0.1, -0.05) is 11.2 Å². The smallest absolute Gasteiger partial charge is 0.331 e. The van der Waals surface area contributed by atoms with Crippen molar-refractivity contribution in [3.63, 3.8) is 0 Å². The van der Waals surface area contributed by atoms with E-state index in [4.69, 9.17) is 9.26 Å². The van der Waals surface area contributed by atoms with Gasteiger partial charge < -0.3 is 13.7 Å². The van der Waals surface area contributed by atoms with Crippen LogP contribution in [0.3, 0.4) is 0 Å². The van der Waals surface area contributed by atoms with Crippen LogP contribution >= 0.6 is 0 Å². The van der Waals surface area contributed by atoms with Gasteiger partial charge in [-0.15, -0.1) is 0 Å². The third-order valence-corrected chi connectivity index (χ3v) is 4.73. The standard InChI is InChI=1S/C22H22N4O3/c1-14-5-7-20-23-19(12-25(20)11-14)13-28-22(27)8-6-18-9-15(2)26(17(18)4)21-10-16(3)29-24-21/h5-12H,13H2,1-4H3/b8-6+. The number of hydrogen-bond donors (Lipinski definition) is 0. The molecule has 4 aromatic rings. The predicted molar refractivity (Wildman–Crippen MR) is 109 cm³/mol. The number of fused-ring (bicyclic) bond motifs is 1. The van der Waals surface area contributed by atoms with Crippen molar-refractivity contribution in [1.29, 1.82) is 0 Å². The Morgan fingerprint density at radius 3 is 2.76 bits per heavy atom. The van der Waals surface area contributed by atoms with Gasteiger partial charge in [-0.05, 0) is 57.0 Å². The van der Waals surface area contributed by atoms with Crippen LogP contribution in [0.1, 0.15) is 34.0 Å². The molecule has 7 nitrogen and oxygen atoms in total. The van der Waals surface area contributed by atoms with Crippen LogP contribution in [0, 0.1) is 27.7 Å². The lowest BCUT2D eigenvalue weighted by Crippen LogP contribution is -2.01. The van der Waals surface area contributed by atoms with Gasteiger partial charge in [0, 0.05) is 35.9 Å². The van der Waals surface area contributed by atoms with Gasteiger partial charge in [-0.2, -0.15) is 0 Å². The zero-order chi connectivity index (χ0) is 20.5. The summed E-state index contributed by atoms with van der Waals surface area (Å²) in [6.45, 7) is 7.95. The first kappa shape index (κ1) is 18.7. The summed E-state index contributed by atoms with van der Waals surface area (Å²) in [6, 6.07) is 7.80. The van der Waals surface area contributed by atoms with E-state index >= 15 is 0 Å². The van der Waals surface area contributed by atoms with Crippen molar-refractivity contribution in [1.82, 2.24) is 19.1 Å². The van der Waals surface area contributed by atoms with E-state index in [0.717, 1.165) is 39.7 Å². The molecule has 0 radical (unpaired) electrons. The second-order valence-corrected chi connectivity index (χ2v) is 7.10. The molecule has 0 fully saturated rings. The average Bonchev–Trinajstić information content (AvgIpc) is 3.35. The van der Waals surface area contributed by atoms with E-state index < -0.39 is 5.97 Å². The first-order valence-electron chi connectivity index (χ1n) is 9.32. The Kier molecular flexibility index (Phi) is 4.80. The van der Waals surface area contributed by atoms with Crippen molar-refractivity contribution in [2.45, 2.75) is 34.3 Å². The minimum absolute atomic E-state index is 0.126. The Morgan fingerprint density at radius 1 is 1.17 bits per heavy atom. The molecule has 0 amide bonds. The van der Waals surface area contributed by atoms with E-state index in [2.05, 4.69) is 10.1 Å². The fourth-order valence-electron chi connectivity index (χ4n) is 3.34. The second-order valence-electron chi connectivity index (χ2n) is 7.10. The minimum Gasteiger partial charge on any atom is -0.456 e. The van der Waals surface area contributed by atoms with E-state index in [-0.39, 0.29) is 6.61 Å². The number of hydrogen-bond acceptors (Lipinski definition) is 5. The molecule has 0 N–H and O–H groups in total. The Balaban J connectivity index is 1.44. The topological polar surface area (TPSA) is 74.6 Å². The van der Waals surface area contributed by atoms with Crippen LogP contribution in [0.5, 0.6) is 0 Å². The molecule has 4 aromatic heterocycles. The zero-order valence-corrected chi connectivity index (χ0v) is 16.8. The maximum absolute atomic E-state index is 12.2. The third-order valence-electron chi connectivity index (χ3n) is 4.73. The molecule has 0 aliphatic carbocycles. The molecule has 29 heavy (non-hydrogen) atoms. The molecule has 0 saturated carbocycles. The van der Waals surface area contributed by atoms with Gasteiger partial charge in [-0.3, -0.25) is 4.57 Å². The predicted octanol–water partition coefficient (Wildman–Crippen LogP) is 4.10. The van der Waals surface area contributed by atoms with Gasteiger partial charge in [0.05, 0.1) is 5.69 Å². The summed E-state index contributed by atoms with van der Waals surface area (Å²) in [5.74, 6) is 1.05. The van der Waals surface area contributed by atoms with Crippen LogP contribution in [-0.4, -0.2) is 25.1 Å². The molecule has 148 valence electrons. The van der Waals surface area contributed by atoms with E-state index in [1.807, 2.05) is 73.3 Å². The van der Waals surface area contributed by atoms with Gasteiger partial charge in [0.2, 0.25) is 0 Å². The summed E-state index contributed by atoms with van der Waals surface area (Å²) in [5.41, 5.74) is 5.56. The van der Waals surface area contributed by atoms with Crippen molar-refractivity contribution in [2.24, 2.45) is 0 Å². The molecule has 0 bridgehead atoms. The van der Waals surface area contributed by atoms with E-state index in [9.17, 15) is 4.79 Å². The second kappa shape index (κ2) is 7.43. The molecule has 0 aliphatic rings. The number of carbonyl (C=O) groups excluding carboxylic acids is 1. The Hall–Kier alpha value is -3.61. The highest BCUT2D eigenvalue weighted by atomic mass is 16.5. The number of imidazole rings is 1. The third kappa shape index (κ3) is 3.85. The number of nitrogens with zero attached hydrogens (tertiary/aromatic N) is 4. The van der Waals surface area contributed by atoms with Crippen LogP contribution < -0.4 is 0 Å². The van der Waals surface area contributed by atoms with Gasteiger partial charge in [0.1, 0.15) is 18.0 Å². The maximum atomic E-state index is 12.2.